The molecule has 4 N–H and O–H groups in total. The van der Waals surface area contributed by atoms with Crippen LogP contribution in [0.5, 0.6) is 0 Å². The van der Waals surface area contributed by atoms with Gasteiger partial charge in [0, 0.05) is 31.5 Å². The van der Waals surface area contributed by atoms with Crippen LogP contribution in [-0.2, 0) is 132 Å². The van der Waals surface area contributed by atoms with Crippen molar-refractivity contribution in [3.8, 4) is 0 Å². The normalized spacial score (nSPS) is 20.8. The van der Waals surface area contributed by atoms with Gasteiger partial charge in [-0.25, -0.2) is 0 Å². The van der Waals surface area contributed by atoms with Crippen molar-refractivity contribution in [2.24, 2.45) is 11.8 Å². The van der Waals surface area contributed by atoms with Crippen molar-refractivity contribution in [2.75, 3.05) is 145 Å². The van der Waals surface area contributed by atoms with Crippen LogP contribution in [0.25, 0.3) is 0 Å². The number of halogens is 2. The van der Waals surface area contributed by atoms with Gasteiger partial charge in [0.25, 0.3) is 78.2 Å². The summed E-state index contributed by atoms with van der Waals surface area (Å²) in [6.07, 6.45) is 0. The fourth-order valence-corrected chi connectivity index (χ4v) is 10.5. The summed E-state index contributed by atoms with van der Waals surface area (Å²) in [5, 5.41) is 8.96. The molecule has 0 aromatic heterocycles. The number of phosphoric acid groups is 10. The lowest BCUT2D eigenvalue weighted by molar-refractivity contribution is -0.239. The van der Waals surface area contributed by atoms with Gasteiger partial charge in [-0.2, -0.15) is 11.1 Å². The molecule has 0 bridgehead atoms. The molecule has 0 radical (unpaired) electrons. The van der Waals surface area contributed by atoms with Crippen LogP contribution in [0.4, 0.5) is 8.96 Å². The Morgan fingerprint density at radius 1 is 0.291 bits per heavy atom. The van der Waals surface area contributed by atoms with E-state index in [9.17, 15) is 104 Å². The maximum atomic E-state index is 12.4. The Bertz CT molecular complexity index is 2220. The molecule has 12 unspecified atom stereocenters. The third kappa shape index (κ3) is 47.6. The highest BCUT2D eigenvalue weighted by Gasteiger charge is 2.21. The monoisotopic (exact) mass is 1370 g/mol. The fraction of sp³-hybridized carbons (Fsp3) is 1.00. The van der Waals surface area contributed by atoms with E-state index in [0.29, 0.717) is 0 Å². The van der Waals surface area contributed by atoms with Gasteiger partial charge in [0.1, 0.15) is 0 Å². The molecule has 0 saturated carbocycles. The van der Waals surface area contributed by atoms with Gasteiger partial charge in [-0.05, 0) is 0 Å². The van der Waals surface area contributed by atoms with E-state index in [4.69, 9.17) is 10.00 Å². The number of aliphatic hydroxyl groups excluding tert-OH is 1. The number of rotatable bonds is 54. The van der Waals surface area contributed by atoms with Gasteiger partial charge in [0.15, 0.2) is 0 Å². The van der Waals surface area contributed by atoms with Crippen molar-refractivity contribution >= 4 is 78.2 Å². The standard InChI is InChI=1S/C24H60F2N2O41P10/c25-27-17-23(19-29)20-68-78(47,48)65-15-13-63-76(43,44)61-11-9-59-74(39,40)57-7-5-55-72(35,36)53-3-1-51-71(33,34)52-2-4-54-73(37,38)56-6-8-58-75(41,42)60-10-12-62-77(45,46)64-14-16-66-79(49,50)69-22-24(18-28-26)21-67-70(30,31)32/h23-24,27-29H,1-22H2,(H,33,34)(H,35,36)(H,37,38)(H,39,40)(H,41,42)(H,43,44)(H,45,46)(H,47,48)(H,49,50)(H2,30,31,32)/p-10. The predicted octanol–water partition coefficient (Wildman–Crippen LogP) is -5.85. The first-order valence-electron chi connectivity index (χ1n) is 20.7. The van der Waals surface area contributed by atoms with Gasteiger partial charge in [-0.3, -0.25) is 45.7 Å². The van der Waals surface area contributed by atoms with Gasteiger partial charge in [-0.1, -0.05) is 0 Å². The summed E-state index contributed by atoms with van der Waals surface area (Å²) in [5.41, 5.74) is 2.27. The lowest BCUT2D eigenvalue weighted by atomic mass is 10.2. The molecular formula is C24H50F2N2O41P10-10. The second kappa shape index (κ2) is 39.6. The Hall–Kier alpha value is 0.840. The highest BCUT2D eigenvalue weighted by atomic mass is 31.2. The second-order valence-corrected chi connectivity index (χ2v) is 27.2. The van der Waals surface area contributed by atoms with Crippen LogP contribution in [0, 0.1) is 11.8 Å². The van der Waals surface area contributed by atoms with Crippen LogP contribution in [0.15, 0.2) is 0 Å². The minimum atomic E-state index is -5.31. The molecule has 0 fully saturated rings. The number of hydrogen-bond donors (Lipinski definition) is 4. The molecule has 0 aliphatic heterocycles. The quantitative estimate of drug-likeness (QED) is 0.0250. The molecule has 0 spiro atoms. The lowest BCUT2D eigenvalue weighted by Crippen LogP contribution is -2.27. The Labute approximate surface area is 445 Å². The van der Waals surface area contributed by atoms with Crippen molar-refractivity contribution in [1.29, 1.82) is 0 Å². The van der Waals surface area contributed by atoms with Crippen molar-refractivity contribution in [3.63, 3.8) is 0 Å². The molecule has 0 aromatic rings. The summed E-state index contributed by atoms with van der Waals surface area (Å²) in [4.78, 5) is 125. The summed E-state index contributed by atoms with van der Waals surface area (Å²) in [6, 6.07) is 0. The van der Waals surface area contributed by atoms with Gasteiger partial charge in [-0.15, -0.1) is 8.96 Å². The molecule has 0 heterocycles. The van der Waals surface area contributed by atoms with E-state index < -0.39 is 235 Å². The fourth-order valence-electron chi connectivity index (χ4n) is 3.87. The smallest absolute Gasteiger partial charge is 0.268 e. The van der Waals surface area contributed by atoms with Crippen LogP contribution in [0.2, 0.25) is 0 Å². The van der Waals surface area contributed by atoms with Crippen molar-refractivity contribution in [2.45, 2.75) is 0 Å². The zero-order chi connectivity index (χ0) is 60.6. The molecule has 0 saturated heterocycles. The van der Waals surface area contributed by atoms with Crippen LogP contribution in [-0.4, -0.2) is 155 Å². The van der Waals surface area contributed by atoms with E-state index >= 15 is 0 Å². The largest absolute Gasteiger partial charge is 0.756 e. The van der Waals surface area contributed by atoms with Crippen molar-refractivity contribution < 1.29 is 199 Å². The van der Waals surface area contributed by atoms with Crippen LogP contribution >= 0.6 is 78.2 Å². The summed E-state index contributed by atoms with van der Waals surface area (Å²) < 4.78 is 222. The van der Waals surface area contributed by atoms with Gasteiger partial charge >= 0.3 is 0 Å². The van der Waals surface area contributed by atoms with Gasteiger partial charge < -0.3 is 145 Å². The highest BCUT2D eigenvalue weighted by Crippen LogP contribution is 2.46. The van der Waals surface area contributed by atoms with E-state index in [1.54, 1.807) is 0 Å². The van der Waals surface area contributed by atoms with Gasteiger partial charge in [0.05, 0.1) is 126 Å². The van der Waals surface area contributed by atoms with Gasteiger partial charge in [0.2, 0.25) is 0 Å². The van der Waals surface area contributed by atoms with Crippen LogP contribution in [0.3, 0.4) is 0 Å². The summed E-state index contributed by atoms with van der Waals surface area (Å²) >= 11 is 0. The highest BCUT2D eigenvalue weighted by molar-refractivity contribution is 7.48. The molecule has 12 atom stereocenters. The first-order valence-corrected chi connectivity index (χ1v) is 35.3. The maximum Gasteiger partial charge on any atom is 0.268 e. The van der Waals surface area contributed by atoms with Crippen molar-refractivity contribution in [3.05, 3.63) is 0 Å². The number of aliphatic hydroxyl groups is 1. The minimum absolute atomic E-state index is 0.459. The molecule has 0 amide bonds. The van der Waals surface area contributed by atoms with E-state index in [1.165, 1.54) is 5.54 Å². The summed E-state index contributed by atoms with van der Waals surface area (Å²) in [6.45, 7) is -20.9. The molecule has 55 heteroatoms. The van der Waals surface area contributed by atoms with E-state index in [-0.39, 0.29) is 0 Å². The second-order valence-electron chi connectivity index (χ2n) is 13.3. The molecule has 476 valence electrons. The Morgan fingerprint density at radius 2 is 0.443 bits per heavy atom. The average molecular weight is 1370 g/mol. The van der Waals surface area contributed by atoms with Crippen LogP contribution in [0.1, 0.15) is 0 Å². The Morgan fingerprint density at radius 3 is 0.608 bits per heavy atom. The average Bonchev–Trinajstić information content (AvgIpc) is 3.32. The lowest BCUT2D eigenvalue weighted by Gasteiger charge is -2.28. The van der Waals surface area contributed by atoms with E-state index in [2.05, 4.69) is 86.0 Å². The Kier molecular flexibility index (Phi) is 40.0. The third-order valence-electron chi connectivity index (χ3n) is 7.06. The minimum Gasteiger partial charge on any atom is -0.756 e. The Balaban J connectivity index is 4.28. The third-order valence-corrected chi connectivity index (χ3v) is 16.4. The summed E-state index contributed by atoms with van der Waals surface area (Å²) in [5.74, 6) is -2.27. The molecule has 43 nitrogen and oxygen atoms in total. The van der Waals surface area contributed by atoms with E-state index in [1.807, 2.05) is 0 Å². The number of nitrogens with one attached hydrogen (secondary N) is 2. The number of phosphoric ester groups is 10. The molecule has 79 heavy (non-hydrogen) atoms. The van der Waals surface area contributed by atoms with Crippen LogP contribution < -0.4 is 60.0 Å². The zero-order valence-electron chi connectivity index (χ0n) is 39.8. The number of hydrogen-bond acceptors (Lipinski definition) is 42. The maximum absolute atomic E-state index is 12.4. The predicted molar refractivity (Wildman–Crippen MR) is 224 cm³/mol. The molecule has 0 aliphatic rings. The molecular weight excluding hydrogens is 1320 g/mol. The zero-order valence-corrected chi connectivity index (χ0v) is 48.7. The molecule has 0 aromatic carbocycles. The first-order chi connectivity index (χ1) is 36.3. The SMILES string of the molecule is O=P([O-])(O)OCC(CNF)COP(=O)([O-])OCCOP(=O)([O-])OCCOP(=O)([O-])OCCOP(=O)([O-])OCCOP(=O)([O-])OCCOP(=O)([O-])OCCOP(=O)([O-])OCCOP(=O)([O-])OCCOP(=O)([O-])OCC(CO)CNF. The first kappa shape index (κ1) is 79.8. The molecule has 0 rings (SSSR count). The summed E-state index contributed by atoms with van der Waals surface area (Å²) in [7, 11) is -52.4. The van der Waals surface area contributed by atoms with Crippen molar-refractivity contribution in [1.82, 2.24) is 11.1 Å². The topological polar surface area (TPSA) is 641 Å². The van der Waals surface area contributed by atoms with E-state index in [0.717, 1.165) is 5.54 Å². The molecule has 0 aliphatic carbocycles.